The highest BCUT2D eigenvalue weighted by Crippen LogP contribution is 2.31. The molecule has 1 aliphatic rings. The van der Waals surface area contributed by atoms with Gasteiger partial charge in [-0.1, -0.05) is 35.9 Å². The third-order valence-corrected chi connectivity index (χ3v) is 5.73. The van der Waals surface area contributed by atoms with E-state index in [9.17, 15) is 4.79 Å². The second kappa shape index (κ2) is 6.10. The average Bonchev–Trinajstić information content (AvgIpc) is 3.22. The molecule has 0 atom stereocenters. The molecular formula is C23H23N3O. The Kier molecular flexibility index (Phi) is 3.69. The summed E-state index contributed by atoms with van der Waals surface area (Å²) in [6.45, 7) is 4.49. The van der Waals surface area contributed by atoms with Crippen LogP contribution in [0.1, 0.15) is 21.6 Å². The maximum absolute atomic E-state index is 13.1. The van der Waals surface area contributed by atoms with Crippen LogP contribution in [0.5, 0.6) is 0 Å². The molecule has 0 unspecified atom stereocenters. The fourth-order valence-electron chi connectivity index (χ4n) is 4.32. The van der Waals surface area contributed by atoms with Crippen molar-refractivity contribution in [1.29, 1.82) is 0 Å². The number of hydrogen-bond donors (Lipinski definition) is 0. The summed E-state index contributed by atoms with van der Waals surface area (Å²) >= 11 is 0. The Morgan fingerprint density at radius 2 is 1.81 bits per heavy atom. The first-order valence-corrected chi connectivity index (χ1v) is 9.49. The van der Waals surface area contributed by atoms with Crippen LogP contribution in [0.25, 0.3) is 21.7 Å². The number of rotatable bonds is 2. The quantitative estimate of drug-likeness (QED) is 0.537. The highest BCUT2D eigenvalue weighted by Gasteiger charge is 2.23. The first-order valence-electron chi connectivity index (χ1n) is 9.49. The van der Waals surface area contributed by atoms with Gasteiger partial charge in [-0.05, 0) is 42.4 Å². The van der Waals surface area contributed by atoms with Crippen LogP contribution in [-0.4, -0.2) is 33.5 Å². The molecule has 2 aromatic carbocycles. The normalized spacial score (nSPS) is 14.7. The minimum atomic E-state index is 0.102. The minimum absolute atomic E-state index is 0.102. The minimum Gasteiger partial charge on any atom is -0.335 e. The van der Waals surface area contributed by atoms with Crippen molar-refractivity contribution in [2.24, 2.45) is 0 Å². The van der Waals surface area contributed by atoms with E-state index in [0.717, 1.165) is 30.3 Å². The number of carbonyl (C=O) groups is 1. The monoisotopic (exact) mass is 357 g/mol. The van der Waals surface area contributed by atoms with Gasteiger partial charge in [0, 0.05) is 48.5 Å². The molecule has 3 heterocycles. The maximum Gasteiger partial charge on any atom is 0.250 e. The molecule has 0 amide bonds. The fraction of sp³-hybridized carbons (Fsp3) is 0.261. The number of carbonyl (C=O) groups excluding carboxylic acids is 1. The molecule has 2 aromatic heterocycles. The molecule has 0 spiro atoms. The molecule has 0 saturated carbocycles. The van der Waals surface area contributed by atoms with Gasteiger partial charge in [-0.15, -0.1) is 0 Å². The SMILES string of the molecule is Cc1ccc2c(c1)c1c(n2CC(=O)n2cc3ccccc3c2)CCN(C)C1. The number of likely N-dealkylation sites (N-methyl/N-ethyl adjacent to an activating group) is 1. The molecule has 136 valence electrons. The number of aryl methyl sites for hydroxylation is 1. The largest absolute Gasteiger partial charge is 0.335 e. The Labute approximate surface area is 158 Å². The number of fused-ring (bicyclic) bond motifs is 4. The topological polar surface area (TPSA) is 30.2 Å². The van der Waals surface area contributed by atoms with Gasteiger partial charge >= 0.3 is 0 Å². The highest BCUT2D eigenvalue weighted by molar-refractivity contribution is 5.91. The molecule has 0 N–H and O–H groups in total. The lowest BCUT2D eigenvalue weighted by molar-refractivity contribution is 0.0892. The van der Waals surface area contributed by atoms with Crippen molar-refractivity contribution in [3.63, 3.8) is 0 Å². The molecule has 4 aromatic rings. The van der Waals surface area contributed by atoms with Gasteiger partial charge in [-0.25, -0.2) is 0 Å². The van der Waals surface area contributed by atoms with Crippen LogP contribution in [0, 0.1) is 6.92 Å². The molecule has 0 radical (unpaired) electrons. The van der Waals surface area contributed by atoms with Gasteiger partial charge < -0.3 is 9.47 Å². The molecule has 5 rings (SSSR count). The van der Waals surface area contributed by atoms with Gasteiger partial charge in [0.05, 0.1) is 0 Å². The first kappa shape index (κ1) is 16.3. The van der Waals surface area contributed by atoms with Gasteiger partial charge in [0.1, 0.15) is 6.54 Å². The summed E-state index contributed by atoms with van der Waals surface area (Å²) in [4.78, 5) is 15.4. The van der Waals surface area contributed by atoms with Crippen LogP contribution in [-0.2, 0) is 19.5 Å². The number of hydrogen-bond acceptors (Lipinski definition) is 2. The smallest absolute Gasteiger partial charge is 0.250 e. The molecule has 0 saturated heterocycles. The van der Waals surface area contributed by atoms with Crippen molar-refractivity contribution in [2.45, 2.75) is 26.4 Å². The second-order valence-electron chi connectivity index (χ2n) is 7.71. The first-order chi connectivity index (χ1) is 13.1. The van der Waals surface area contributed by atoms with E-state index >= 15 is 0 Å². The van der Waals surface area contributed by atoms with E-state index < -0.39 is 0 Å². The molecule has 0 fully saturated rings. The lowest BCUT2D eigenvalue weighted by atomic mass is 10.0. The van der Waals surface area contributed by atoms with Gasteiger partial charge in [0.25, 0.3) is 5.91 Å². The average molecular weight is 357 g/mol. The van der Waals surface area contributed by atoms with E-state index in [1.54, 1.807) is 4.57 Å². The molecule has 1 aliphatic heterocycles. The van der Waals surface area contributed by atoms with Gasteiger partial charge in [0.15, 0.2) is 0 Å². The van der Waals surface area contributed by atoms with E-state index in [1.165, 1.54) is 27.7 Å². The molecular weight excluding hydrogens is 334 g/mol. The van der Waals surface area contributed by atoms with Crippen molar-refractivity contribution in [3.8, 4) is 0 Å². The van der Waals surface area contributed by atoms with Gasteiger partial charge in [0.2, 0.25) is 0 Å². The third-order valence-electron chi connectivity index (χ3n) is 5.73. The number of nitrogens with zero attached hydrogens (tertiary/aromatic N) is 3. The molecule has 4 nitrogen and oxygen atoms in total. The van der Waals surface area contributed by atoms with Crippen molar-refractivity contribution in [3.05, 3.63) is 71.7 Å². The van der Waals surface area contributed by atoms with Crippen LogP contribution in [0.4, 0.5) is 0 Å². The van der Waals surface area contributed by atoms with Crippen molar-refractivity contribution in [1.82, 2.24) is 14.0 Å². The summed E-state index contributed by atoms with van der Waals surface area (Å²) < 4.78 is 3.98. The lowest BCUT2D eigenvalue weighted by Crippen LogP contribution is -2.28. The maximum atomic E-state index is 13.1. The molecule has 0 aliphatic carbocycles. The Hall–Kier alpha value is -2.85. The second-order valence-corrected chi connectivity index (χ2v) is 7.71. The molecule has 4 heteroatoms. The Bertz CT molecular complexity index is 1150. The van der Waals surface area contributed by atoms with Crippen LogP contribution in [0.15, 0.2) is 54.9 Å². The Morgan fingerprint density at radius 1 is 1.07 bits per heavy atom. The molecule has 0 bridgehead atoms. The number of benzene rings is 2. The third kappa shape index (κ3) is 2.68. The Balaban J connectivity index is 1.59. The summed E-state index contributed by atoms with van der Waals surface area (Å²) in [6, 6.07) is 14.7. The highest BCUT2D eigenvalue weighted by atomic mass is 16.2. The predicted octanol–water partition coefficient (Wildman–Crippen LogP) is 4.23. The van der Waals surface area contributed by atoms with Crippen LogP contribution >= 0.6 is 0 Å². The lowest BCUT2D eigenvalue weighted by Gasteiger charge is -2.24. The van der Waals surface area contributed by atoms with Crippen molar-refractivity contribution >= 4 is 27.6 Å². The Morgan fingerprint density at radius 3 is 2.56 bits per heavy atom. The summed E-state index contributed by atoms with van der Waals surface area (Å²) in [5.41, 5.74) is 5.14. The van der Waals surface area contributed by atoms with E-state index in [4.69, 9.17) is 0 Å². The van der Waals surface area contributed by atoms with Crippen LogP contribution < -0.4 is 0 Å². The van der Waals surface area contributed by atoms with E-state index in [1.807, 2.05) is 36.7 Å². The summed E-state index contributed by atoms with van der Waals surface area (Å²) in [7, 11) is 2.17. The predicted molar refractivity (Wildman–Crippen MR) is 109 cm³/mol. The summed E-state index contributed by atoms with van der Waals surface area (Å²) in [6.07, 6.45) is 4.86. The zero-order valence-electron chi connectivity index (χ0n) is 15.8. The van der Waals surface area contributed by atoms with Crippen LogP contribution in [0.2, 0.25) is 0 Å². The van der Waals surface area contributed by atoms with Crippen molar-refractivity contribution in [2.75, 3.05) is 13.6 Å². The zero-order chi connectivity index (χ0) is 18.5. The summed E-state index contributed by atoms with van der Waals surface area (Å²) in [5, 5.41) is 3.49. The fourth-order valence-corrected chi connectivity index (χ4v) is 4.32. The van der Waals surface area contributed by atoms with Crippen LogP contribution in [0.3, 0.4) is 0 Å². The number of aromatic nitrogens is 2. The van der Waals surface area contributed by atoms with E-state index in [-0.39, 0.29) is 5.91 Å². The standard InChI is InChI=1S/C23H23N3O/c1-16-7-8-21-19(11-16)20-14-24(2)10-9-22(20)26(21)15-23(27)25-12-17-5-3-4-6-18(17)13-25/h3-8,11-13H,9-10,14-15H2,1-2H3. The van der Waals surface area contributed by atoms with E-state index in [2.05, 4.69) is 41.6 Å². The summed E-state index contributed by atoms with van der Waals surface area (Å²) in [5.74, 6) is 0.102. The van der Waals surface area contributed by atoms with E-state index in [0.29, 0.717) is 6.54 Å². The van der Waals surface area contributed by atoms with Gasteiger partial charge in [-0.3, -0.25) is 9.36 Å². The zero-order valence-corrected chi connectivity index (χ0v) is 15.8. The van der Waals surface area contributed by atoms with Gasteiger partial charge in [-0.2, -0.15) is 0 Å². The van der Waals surface area contributed by atoms with Crippen molar-refractivity contribution < 1.29 is 4.79 Å². The molecule has 27 heavy (non-hydrogen) atoms.